The van der Waals surface area contributed by atoms with E-state index in [1.54, 1.807) is 44.8 Å². The number of hydrogen-bond acceptors (Lipinski definition) is 7. The lowest BCUT2D eigenvalue weighted by atomic mass is 9.99. The van der Waals surface area contributed by atoms with Crippen molar-refractivity contribution in [3.63, 3.8) is 0 Å². The number of rotatable bonds is 8. The highest BCUT2D eigenvalue weighted by molar-refractivity contribution is 5.96. The molecule has 3 N–H and O–H groups in total. The third-order valence-corrected chi connectivity index (χ3v) is 5.52. The average molecular weight is 474 g/mol. The lowest BCUT2D eigenvalue weighted by Gasteiger charge is -2.14. The SMILES string of the molecule is CCC(O)CNC(=O)Nc1ccc2nc(-c3ccc(OC)nc3)c(-c3ccc(OC)nc3)cc2c1. The zero-order valence-electron chi connectivity index (χ0n) is 19.8. The monoisotopic (exact) mass is 473 g/mol. The predicted molar refractivity (Wildman–Crippen MR) is 135 cm³/mol. The molecule has 0 aliphatic heterocycles. The number of nitrogens with zero attached hydrogens (tertiary/aromatic N) is 3. The van der Waals surface area contributed by atoms with Crippen molar-refractivity contribution in [2.45, 2.75) is 19.4 Å². The number of pyridine rings is 3. The van der Waals surface area contributed by atoms with Gasteiger partial charge in [-0.1, -0.05) is 6.92 Å². The minimum atomic E-state index is -0.576. The molecule has 3 aromatic heterocycles. The molecule has 0 radical (unpaired) electrons. The Kier molecular flexibility index (Phi) is 7.37. The Morgan fingerprint density at radius 3 is 2.26 bits per heavy atom. The highest BCUT2D eigenvalue weighted by atomic mass is 16.5. The zero-order chi connectivity index (χ0) is 24.8. The van der Waals surface area contributed by atoms with Gasteiger partial charge in [-0.05, 0) is 42.8 Å². The zero-order valence-corrected chi connectivity index (χ0v) is 19.8. The number of aliphatic hydroxyl groups excluding tert-OH is 1. The Balaban J connectivity index is 1.73. The van der Waals surface area contributed by atoms with E-state index in [0.29, 0.717) is 23.9 Å². The minimum Gasteiger partial charge on any atom is -0.481 e. The van der Waals surface area contributed by atoms with Crippen molar-refractivity contribution in [1.29, 1.82) is 0 Å². The van der Waals surface area contributed by atoms with E-state index in [9.17, 15) is 9.90 Å². The van der Waals surface area contributed by atoms with Crippen molar-refractivity contribution in [2.24, 2.45) is 0 Å². The number of amides is 2. The van der Waals surface area contributed by atoms with Gasteiger partial charge in [0, 0.05) is 58.8 Å². The van der Waals surface area contributed by atoms with Crippen LogP contribution in [0, 0.1) is 0 Å². The molecule has 2 amide bonds. The quantitative estimate of drug-likeness (QED) is 0.350. The summed E-state index contributed by atoms with van der Waals surface area (Å²) in [7, 11) is 3.14. The molecule has 0 fully saturated rings. The van der Waals surface area contributed by atoms with E-state index in [1.807, 2.05) is 37.3 Å². The lowest BCUT2D eigenvalue weighted by molar-refractivity contribution is 0.168. The van der Waals surface area contributed by atoms with Crippen LogP contribution in [-0.2, 0) is 0 Å². The summed E-state index contributed by atoms with van der Waals surface area (Å²) in [6.07, 6.45) is 3.44. The maximum absolute atomic E-state index is 12.2. The van der Waals surface area contributed by atoms with Crippen molar-refractivity contribution in [3.05, 3.63) is 60.9 Å². The van der Waals surface area contributed by atoms with Gasteiger partial charge in [-0.3, -0.25) is 0 Å². The van der Waals surface area contributed by atoms with Crippen molar-refractivity contribution in [1.82, 2.24) is 20.3 Å². The van der Waals surface area contributed by atoms with Gasteiger partial charge in [0.05, 0.1) is 31.5 Å². The number of urea groups is 1. The summed E-state index contributed by atoms with van der Waals surface area (Å²) < 4.78 is 10.4. The molecule has 1 atom stereocenters. The number of ether oxygens (including phenoxy) is 2. The number of carbonyl (C=O) groups excluding carboxylic acids is 1. The lowest BCUT2D eigenvalue weighted by Crippen LogP contribution is -2.34. The number of aliphatic hydroxyl groups is 1. The molecule has 1 unspecified atom stereocenters. The van der Waals surface area contributed by atoms with Gasteiger partial charge in [0.25, 0.3) is 0 Å². The van der Waals surface area contributed by atoms with Crippen LogP contribution < -0.4 is 20.1 Å². The number of carbonyl (C=O) groups is 1. The molecule has 0 bridgehead atoms. The first kappa shape index (κ1) is 23.9. The maximum atomic E-state index is 12.2. The van der Waals surface area contributed by atoms with Gasteiger partial charge in [-0.15, -0.1) is 0 Å². The van der Waals surface area contributed by atoms with Crippen LogP contribution in [0.4, 0.5) is 10.5 Å². The van der Waals surface area contributed by atoms with Crippen LogP contribution in [0.1, 0.15) is 13.3 Å². The summed E-state index contributed by atoms with van der Waals surface area (Å²) in [4.78, 5) is 25.8. The fourth-order valence-electron chi connectivity index (χ4n) is 3.53. The van der Waals surface area contributed by atoms with E-state index in [1.165, 1.54) is 0 Å². The highest BCUT2D eigenvalue weighted by Gasteiger charge is 2.14. The number of benzene rings is 1. The molecule has 0 saturated carbocycles. The maximum Gasteiger partial charge on any atom is 0.319 e. The van der Waals surface area contributed by atoms with Crippen molar-refractivity contribution in [3.8, 4) is 34.1 Å². The van der Waals surface area contributed by atoms with E-state index in [-0.39, 0.29) is 12.6 Å². The molecule has 9 nitrogen and oxygen atoms in total. The van der Waals surface area contributed by atoms with Crippen LogP contribution in [-0.4, -0.2) is 53.0 Å². The van der Waals surface area contributed by atoms with Crippen LogP contribution in [0.25, 0.3) is 33.3 Å². The average Bonchev–Trinajstić information content (AvgIpc) is 2.91. The molecule has 35 heavy (non-hydrogen) atoms. The topological polar surface area (TPSA) is 118 Å². The van der Waals surface area contributed by atoms with Gasteiger partial charge in [-0.2, -0.15) is 0 Å². The molecule has 0 aliphatic carbocycles. The van der Waals surface area contributed by atoms with Gasteiger partial charge >= 0.3 is 6.03 Å². The summed E-state index contributed by atoms with van der Waals surface area (Å²) in [5.41, 5.74) is 4.65. The number of fused-ring (bicyclic) bond motifs is 1. The van der Waals surface area contributed by atoms with E-state index in [4.69, 9.17) is 14.5 Å². The van der Waals surface area contributed by atoms with Crippen LogP contribution in [0.15, 0.2) is 60.9 Å². The number of methoxy groups -OCH3 is 2. The fourth-order valence-corrected chi connectivity index (χ4v) is 3.53. The Labute approximate surface area is 203 Å². The molecule has 1 aromatic carbocycles. The largest absolute Gasteiger partial charge is 0.481 e. The molecule has 3 heterocycles. The number of hydrogen-bond donors (Lipinski definition) is 3. The Bertz CT molecular complexity index is 1310. The molecule has 9 heteroatoms. The number of aromatic nitrogens is 3. The number of anilines is 1. The second kappa shape index (κ2) is 10.8. The first-order valence-electron chi connectivity index (χ1n) is 11.2. The van der Waals surface area contributed by atoms with Gasteiger partial charge in [-0.25, -0.2) is 19.7 Å². The fraction of sp³-hybridized carbons (Fsp3) is 0.231. The first-order valence-corrected chi connectivity index (χ1v) is 11.2. The summed E-state index contributed by atoms with van der Waals surface area (Å²) in [5.74, 6) is 1.03. The van der Waals surface area contributed by atoms with Crippen molar-refractivity contribution < 1.29 is 19.4 Å². The first-order chi connectivity index (χ1) is 17.0. The molecule has 4 rings (SSSR count). The summed E-state index contributed by atoms with van der Waals surface area (Å²) in [5, 5.41) is 16.0. The molecule has 0 aliphatic rings. The van der Waals surface area contributed by atoms with Crippen LogP contribution in [0.2, 0.25) is 0 Å². The molecule has 180 valence electrons. The van der Waals surface area contributed by atoms with Crippen LogP contribution in [0.5, 0.6) is 11.8 Å². The predicted octanol–water partition coefficient (Wildman–Crippen LogP) is 4.27. The van der Waals surface area contributed by atoms with Crippen molar-refractivity contribution in [2.75, 3.05) is 26.1 Å². The van der Waals surface area contributed by atoms with E-state index in [0.717, 1.165) is 33.3 Å². The number of nitrogens with one attached hydrogen (secondary N) is 2. The summed E-state index contributed by atoms with van der Waals surface area (Å²) >= 11 is 0. The van der Waals surface area contributed by atoms with Gasteiger partial charge < -0.3 is 25.2 Å². The minimum absolute atomic E-state index is 0.186. The van der Waals surface area contributed by atoms with Crippen LogP contribution in [0.3, 0.4) is 0 Å². The summed E-state index contributed by atoms with van der Waals surface area (Å²) in [6.45, 7) is 2.04. The Hall–Kier alpha value is -4.24. The second-order valence-corrected chi connectivity index (χ2v) is 7.87. The van der Waals surface area contributed by atoms with Crippen LogP contribution >= 0.6 is 0 Å². The highest BCUT2D eigenvalue weighted by Crippen LogP contribution is 2.34. The van der Waals surface area contributed by atoms with Crippen molar-refractivity contribution >= 4 is 22.6 Å². The molecular formula is C26H27N5O4. The molecular weight excluding hydrogens is 446 g/mol. The Morgan fingerprint density at radius 2 is 1.66 bits per heavy atom. The molecule has 4 aromatic rings. The summed E-state index contributed by atoms with van der Waals surface area (Å²) in [6, 6.07) is 14.5. The van der Waals surface area contributed by atoms with Gasteiger partial charge in [0.2, 0.25) is 11.8 Å². The standard InChI is InChI=1S/C26H27N5O4/c1-4-20(32)15-29-26(33)30-19-7-8-22-18(11-19)12-21(16-5-9-23(34-2)27-13-16)25(31-22)17-6-10-24(35-3)28-14-17/h5-14,20,32H,4,15H2,1-3H3,(H2,29,30,33). The molecule has 0 saturated heterocycles. The third kappa shape index (κ3) is 5.64. The van der Waals surface area contributed by atoms with E-state index < -0.39 is 6.10 Å². The normalized spacial score (nSPS) is 11.7. The molecule has 0 spiro atoms. The van der Waals surface area contributed by atoms with E-state index in [2.05, 4.69) is 20.6 Å². The van der Waals surface area contributed by atoms with E-state index >= 15 is 0 Å². The third-order valence-electron chi connectivity index (χ3n) is 5.52. The van der Waals surface area contributed by atoms with Gasteiger partial charge in [0.15, 0.2) is 0 Å². The second-order valence-electron chi connectivity index (χ2n) is 7.87. The smallest absolute Gasteiger partial charge is 0.319 e. The van der Waals surface area contributed by atoms with Gasteiger partial charge in [0.1, 0.15) is 0 Å². The Morgan fingerprint density at radius 1 is 0.971 bits per heavy atom.